The molecule has 494 valence electrons. The highest BCUT2D eigenvalue weighted by molar-refractivity contribution is 7.15. The number of para-hydroxylation sites is 3. The van der Waals surface area contributed by atoms with E-state index in [0.717, 1.165) is 30.9 Å². The van der Waals surface area contributed by atoms with E-state index in [1.807, 2.05) is 162 Å². The van der Waals surface area contributed by atoms with Gasteiger partial charge in [-0.15, -0.1) is 29.1 Å². The molecule has 14 aromatic rings. The maximum Gasteiger partial charge on any atom is 0.267 e. The van der Waals surface area contributed by atoms with Crippen molar-refractivity contribution in [3.05, 3.63) is 292 Å². The number of nitrogens with one attached hydrogen (secondary N) is 3. The maximum atomic E-state index is 14.1. The van der Waals surface area contributed by atoms with Gasteiger partial charge in [-0.1, -0.05) is 90.8 Å². The van der Waals surface area contributed by atoms with Crippen molar-refractivity contribution in [3.8, 4) is 50.3 Å². The minimum absolute atomic E-state index is 0.171. The first-order valence-electron chi connectivity index (χ1n) is 31.5. The van der Waals surface area contributed by atoms with Gasteiger partial charge in [0.1, 0.15) is 52.4 Å². The molecule has 3 N–H and O–H groups in total. The molecule has 14 rings (SSSR count). The zero-order valence-corrected chi connectivity index (χ0v) is 57.3. The molecule has 6 aromatic carbocycles. The number of rotatable bonds is 14. The van der Waals surface area contributed by atoms with E-state index in [1.54, 1.807) is 87.7 Å². The number of hydrogen-bond acceptors (Lipinski definition) is 19. The molecule has 8 aromatic heterocycles. The molecule has 0 bridgehead atoms. The molecule has 0 fully saturated rings. The van der Waals surface area contributed by atoms with Crippen LogP contribution in [-0.4, -0.2) is 68.5 Å². The molecule has 0 aliphatic heterocycles. The summed E-state index contributed by atoms with van der Waals surface area (Å²) in [4.78, 5) is 103. The molecule has 0 saturated carbocycles. The van der Waals surface area contributed by atoms with E-state index in [-0.39, 0.29) is 16.7 Å². The minimum atomic E-state index is -0.443. The number of aryl methyl sites for hydroxylation is 5. The van der Waals surface area contributed by atoms with Crippen molar-refractivity contribution in [2.75, 3.05) is 16.0 Å². The molecule has 0 amide bonds. The van der Waals surface area contributed by atoms with Gasteiger partial charge >= 0.3 is 0 Å². The Kier molecular flexibility index (Phi) is 19.8. The van der Waals surface area contributed by atoms with E-state index in [1.165, 1.54) is 18.6 Å². The average Bonchev–Trinajstić information content (AvgIpc) is 1.39. The largest absolute Gasteiger partial charge is 0.369 e. The third kappa shape index (κ3) is 14.1. The van der Waals surface area contributed by atoms with Crippen molar-refractivity contribution >= 4 is 89.9 Å². The molecule has 23 nitrogen and oxygen atoms in total. The number of anilines is 3. The van der Waals surface area contributed by atoms with Crippen molar-refractivity contribution in [3.63, 3.8) is 0 Å². The van der Waals surface area contributed by atoms with Crippen molar-refractivity contribution in [1.29, 1.82) is 0 Å². The van der Waals surface area contributed by atoms with Gasteiger partial charge in [-0.25, -0.2) is 54.4 Å². The molecule has 0 aliphatic rings. The lowest BCUT2D eigenvalue weighted by atomic mass is 10.1. The standard InChI is InChI=1S/2C26H21N7OS.C24H18N6O/c2*1-15(30-24-21(27-4)13-28-16(2)31-24)25-32-20-12-8-11-19(22-14-29-17(3)35-22)23(20)26(34)33(25)18-9-6-5-7-10-18;1-5-17-10-9-13-19-21(17)24(31)30(18-11-7-6-8-12-18)23(29-19)15(2)27-22-20(25-4)14-26-16(3)28-22/h2*5-15H,1-3H3,(H,28,30,31);1,6-15H,2-3H3,(H,26,27,28)/t3*15-/m000/s1. The van der Waals surface area contributed by atoms with E-state index in [2.05, 4.69) is 76.3 Å². The predicted molar refractivity (Wildman–Crippen MR) is 397 cm³/mol. The third-order valence-corrected chi connectivity index (χ3v) is 17.9. The normalized spacial score (nSPS) is 11.7. The van der Waals surface area contributed by atoms with E-state index in [9.17, 15) is 14.4 Å². The van der Waals surface area contributed by atoms with Gasteiger partial charge in [-0.2, -0.15) is 0 Å². The molecule has 0 radical (unpaired) electrons. The summed E-state index contributed by atoms with van der Waals surface area (Å²) < 4.78 is 4.80. The van der Waals surface area contributed by atoms with Gasteiger partial charge in [0.25, 0.3) is 16.7 Å². The van der Waals surface area contributed by atoms with Gasteiger partial charge in [0.2, 0.25) is 17.1 Å². The zero-order chi connectivity index (χ0) is 71.0. The van der Waals surface area contributed by atoms with Crippen LogP contribution >= 0.6 is 22.7 Å². The molecule has 0 aliphatic carbocycles. The fourth-order valence-electron chi connectivity index (χ4n) is 11.4. The number of benzene rings is 6. The van der Waals surface area contributed by atoms with Gasteiger partial charge < -0.3 is 16.0 Å². The Balaban J connectivity index is 0.000000144. The van der Waals surface area contributed by atoms with Crippen molar-refractivity contribution in [2.24, 2.45) is 0 Å². The molecule has 101 heavy (non-hydrogen) atoms. The average molecular weight is 1370 g/mol. The summed E-state index contributed by atoms with van der Waals surface area (Å²) in [6.45, 7) is 37.1. The number of aromatic nitrogens is 14. The van der Waals surface area contributed by atoms with Crippen LogP contribution in [0.15, 0.2) is 191 Å². The van der Waals surface area contributed by atoms with Crippen LogP contribution in [0.25, 0.3) is 85.2 Å². The summed E-state index contributed by atoms with van der Waals surface area (Å²) in [6.07, 6.45) is 13.7. The van der Waals surface area contributed by atoms with Gasteiger partial charge in [0, 0.05) is 47.7 Å². The van der Waals surface area contributed by atoms with Gasteiger partial charge in [0.05, 0.1) is 107 Å². The monoisotopic (exact) mass is 1360 g/mol. The molecule has 8 heterocycles. The second-order valence-corrected chi connectivity index (χ2v) is 25.4. The van der Waals surface area contributed by atoms with Crippen LogP contribution in [0.5, 0.6) is 0 Å². The Bertz CT molecular complexity index is 5620. The maximum absolute atomic E-state index is 14.1. The van der Waals surface area contributed by atoms with E-state index >= 15 is 0 Å². The van der Waals surface area contributed by atoms with E-state index in [4.69, 9.17) is 41.1 Å². The SMILES string of the molecule is [C-]#[N+]c1cnc(C)nc1N[C@@H](C)c1nc2cccc(-c3cnc(C)s3)c2c(=O)n1-c1ccccc1.[C-]#[N+]c1cnc(C)nc1N[C@@H](C)c1nc2cccc(-c3cnc(C)s3)c2c(=O)n1-c1ccccc1.[C-]#[N+]c1cnc(C)nc1N[C@@H](C)c1nc2cccc(C#C)c2c(=O)n1-c1ccccc1. The summed E-state index contributed by atoms with van der Waals surface area (Å²) in [6, 6.07) is 43.5. The van der Waals surface area contributed by atoms with Crippen LogP contribution in [0.2, 0.25) is 0 Å². The lowest BCUT2D eigenvalue weighted by Crippen LogP contribution is -2.28. The number of thiazole rings is 2. The summed E-state index contributed by atoms with van der Waals surface area (Å²) in [5, 5.41) is 13.1. The molecule has 0 spiro atoms. The Morgan fingerprint density at radius 1 is 0.406 bits per heavy atom. The molecule has 3 atom stereocenters. The van der Waals surface area contributed by atoms with Crippen LogP contribution in [0.1, 0.15) is 89.4 Å². The Morgan fingerprint density at radius 3 is 1.03 bits per heavy atom. The van der Waals surface area contributed by atoms with Gasteiger partial charge in [-0.3, -0.25) is 43.0 Å². The van der Waals surface area contributed by atoms with E-state index in [0.29, 0.717) is 125 Å². The van der Waals surface area contributed by atoms with Gasteiger partial charge in [-0.05, 0) is 116 Å². The number of nitrogens with zero attached hydrogens (tertiary/aromatic N) is 17. The Labute approximate surface area is 587 Å². The fraction of sp³-hybridized carbons (Fsp3) is 0.145. The first-order chi connectivity index (χ1) is 48.9. The Morgan fingerprint density at radius 2 is 0.723 bits per heavy atom. The molecule has 0 saturated heterocycles. The number of fused-ring (bicyclic) bond motifs is 3. The predicted octanol–water partition coefficient (Wildman–Crippen LogP) is 15.5. The quantitative estimate of drug-likeness (QED) is 0.0675. The van der Waals surface area contributed by atoms with Crippen molar-refractivity contribution in [2.45, 2.75) is 73.5 Å². The van der Waals surface area contributed by atoms with Crippen LogP contribution in [0, 0.1) is 66.7 Å². The van der Waals surface area contributed by atoms with E-state index < -0.39 is 18.1 Å². The van der Waals surface area contributed by atoms with Crippen LogP contribution in [0.4, 0.5) is 34.5 Å². The summed E-state index contributed by atoms with van der Waals surface area (Å²) in [7, 11) is 0. The highest BCUT2D eigenvalue weighted by atomic mass is 32.1. The third-order valence-electron chi connectivity index (χ3n) is 16.0. The van der Waals surface area contributed by atoms with Crippen LogP contribution < -0.4 is 32.6 Å². The van der Waals surface area contributed by atoms with Crippen molar-refractivity contribution in [1.82, 2.24) is 68.5 Å². The zero-order valence-electron chi connectivity index (χ0n) is 55.7. The lowest BCUT2D eigenvalue weighted by molar-refractivity contribution is 0.730. The molecular weight excluding hydrogens is 1310 g/mol. The van der Waals surface area contributed by atoms with Crippen molar-refractivity contribution < 1.29 is 0 Å². The topological polar surface area (TPSA) is 257 Å². The minimum Gasteiger partial charge on any atom is -0.369 e. The Hall–Kier alpha value is -13.3. The summed E-state index contributed by atoms with van der Waals surface area (Å²) in [5.74, 6) is 6.91. The second-order valence-electron chi connectivity index (χ2n) is 23.0. The summed E-state index contributed by atoms with van der Waals surface area (Å²) >= 11 is 3.08. The number of hydrogen-bond donors (Lipinski definition) is 3. The first kappa shape index (κ1) is 67.6. The number of terminal acetylenes is 1. The second kappa shape index (κ2) is 29.6. The molecule has 0 unspecified atom stereocenters. The highest BCUT2D eigenvalue weighted by Crippen LogP contribution is 2.36. The van der Waals surface area contributed by atoms with Gasteiger partial charge in [0.15, 0.2) is 0 Å². The first-order valence-corrected chi connectivity index (χ1v) is 33.2. The van der Waals surface area contributed by atoms with Crippen LogP contribution in [-0.2, 0) is 0 Å². The highest BCUT2D eigenvalue weighted by Gasteiger charge is 2.26. The molecule has 25 heteroatoms. The molecular formula is C76H60N20O3S2. The lowest BCUT2D eigenvalue weighted by Gasteiger charge is -2.21. The van der Waals surface area contributed by atoms with Crippen LogP contribution in [0.3, 0.4) is 0 Å². The fourth-order valence-corrected chi connectivity index (χ4v) is 13.0. The summed E-state index contributed by atoms with van der Waals surface area (Å²) in [5.41, 5.74) is 6.21. The smallest absolute Gasteiger partial charge is 0.267 e.